The van der Waals surface area contributed by atoms with Crippen molar-refractivity contribution < 1.29 is 14.6 Å². The Hall–Kier alpha value is -0.610. The number of hydrogen-bond donors (Lipinski definition) is 1. The van der Waals surface area contributed by atoms with Gasteiger partial charge in [-0.1, -0.05) is 33.1 Å². The number of nitrogens with zero attached hydrogens (tertiary/aromatic N) is 1. The summed E-state index contributed by atoms with van der Waals surface area (Å²) in [7, 11) is 0. The molecule has 1 aliphatic carbocycles. The second-order valence-corrected chi connectivity index (χ2v) is 6.57. The van der Waals surface area contributed by atoms with E-state index in [0.717, 1.165) is 26.0 Å². The maximum absolute atomic E-state index is 11.1. The molecule has 0 aromatic rings. The standard InChI is InChI=1S/C16H29NO3/c1-3-17(12-13(2)15(18)19)14-7-10-20-16(11-14)8-5-4-6-9-16/h13-14H,3-12H2,1-2H3,(H,18,19). The van der Waals surface area contributed by atoms with Crippen molar-refractivity contribution in [2.24, 2.45) is 5.92 Å². The van der Waals surface area contributed by atoms with Gasteiger partial charge in [0.15, 0.2) is 0 Å². The summed E-state index contributed by atoms with van der Waals surface area (Å²) in [5, 5.41) is 9.12. The number of carboxylic acid groups (broad SMARTS) is 1. The number of hydrogen-bond acceptors (Lipinski definition) is 3. The van der Waals surface area contributed by atoms with E-state index in [0.29, 0.717) is 12.6 Å². The minimum Gasteiger partial charge on any atom is -0.481 e. The minimum absolute atomic E-state index is 0.0983. The van der Waals surface area contributed by atoms with Gasteiger partial charge in [0.2, 0.25) is 0 Å². The minimum atomic E-state index is -0.692. The smallest absolute Gasteiger partial charge is 0.307 e. The second-order valence-electron chi connectivity index (χ2n) is 6.57. The van der Waals surface area contributed by atoms with E-state index in [1.54, 1.807) is 6.92 Å². The van der Waals surface area contributed by atoms with Crippen LogP contribution in [0.5, 0.6) is 0 Å². The van der Waals surface area contributed by atoms with Crippen LogP contribution in [-0.4, -0.2) is 47.3 Å². The van der Waals surface area contributed by atoms with Gasteiger partial charge in [-0.3, -0.25) is 9.69 Å². The van der Waals surface area contributed by atoms with Gasteiger partial charge in [-0.15, -0.1) is 0 Å². The number of ether oxygens (including phenoxy) is 1. The molecule has 2 rings (SSSR count). The van der Waals surface area contributed by atoms with Crippen molar-refractivity contribution in [1.82, 2.24) is 4.90 Å². The normalized spacial score (nSPS) is 27.6. The fraction of sp³-hybridized carbons (Fsp3) is 0.938. The summed E-state index contributed by atoms with van der Waals surface area (Å²) in [6, 6.07) is 0.494. The average molecular weight is 283 g/mol. The van der Waals surface area contributed by atoms with Crippen LogP contribution in [-0.2, 0) is 9.53 Å². The summed E-state index contributed by atoms with van der Waals surface area (Å²) in [4.78, 5) is 13.4. The summed E-state index contributed by atoms with van der Waals surface area (Å²) in [5.41, 5.74) is 0.0983. The molecule has 2 aliphatic rings. The monoisotopic (exact) mass is 283 g/mol. The zero-order valence-corrected chi connectivity index (χ0v) is 12.9. The topological polar surface area (TPSA) is 49.8 Å². The van der Waals surface area contributed by atoms with E-state index in [1.165, 1.54) is 32.1 Å². The van der Waals surface area contributed by atoms with Crippen molar-refractivity contribution in [1.29, 1.82) is 0 Å². The fourth-order valence-corrected chi connectivity index (χ4v) is 3.82. The molecule has 4 heteroatoms. The molecule has 2 atom stereocenters. The van der Waals surface area contributed by atoms with Gasteiger partial charge in [0, 0.05) is 19.2 Å². The van der Waals surface area contributed by atoms with Crippen LogP contribution >= 0.6 is 0 Å². The van der Waals surface area contributed by atoms with E-state index in [9.17, 15) is 4.79 Å². The summed E-state index contributed by atoms with van der Waals surface area (Å²) < 4.78 is 6.14. The van der Waals surface area contributed by atoms with Gasteiger partial charge < -0.3 is 9.84 Å². The SMILES string of the molecule is CCN(CC(C)C(=O)O)C1CCOC2(CCCCC2)C1. The Morgan fingerprint density at radius 2 is 2.10 bits per heavy atom. The molecule has 2 unspecified atom stereocenters. The number of carbonyl (C=O) groups is 1. The fourth-order valence-electron chi connectivity index (χ4n) is 3.82. The third kappa shape index (κ3) is 3.73. The van der Waals surface area contributed by atoms with Gasteiger partial charge in [-0.2, -0.15) is 0 Å². The molecule has 0 bridgehead atoms. The first-order valence-corrected chi connectivity index (χ1v) is 8.17. The number of carboxylic acids is 1. The van der Waals surface area contributed by atoms with E-state index in [2.05, 4.69) is 11.8 Å². The molecule has 0 radical (unpaired) electrons. The summed E-state index contributed by atoms with van der Waals surface area (Å²) in [6.07, 6.45) is 8.41. The van der Waals surface area contributed by atoms with Crippen LogP contribution in [0.4, 0.5) is 0 Å². The molecule has 1 heterocycles. The van der Waals surface area contributed by atoms with Crippen LogP contribution in [0, 0.1) is 5.92 Å². The van der Waals surface area contributed by atoms with E-state index in [1.807, 2.05) is 0 Å². The van der Waals surface area contributed by atoms with Gasteiger partial charge >= 0.3 is 5.97 Å². The van der Waals surface area contributed by atoms with E-state index in [4.69, 9.17) is 9.84 Å². The zero-order chi connectivity index (χ0) is 14.6. The van der Waals surface area contributed by atoms with Gasteiger partial charge in [0.05, 0.1) is 11.5 Å². The van der Waals surface area contributed by atoms with Gasteiger partial charge in [-0.05, 0) is 32.2 Å². The first kappa shape index (κ1) is 15.8. The molecule has 0 aromatic carbocycles. The molecular weight excluding hydrogens is 254 g/mol. The molecule has 1 spiro atoms. The Morgan fingerprint density at radius 3 is 2.70 bits per heavy atom. The highest BCUT2D eigenvalue weighted by atomic mass is 16.5. The Bertz CT molecular complexity index is 320. The highest BCUT2D eigenvalue weighted by Crippen LogP contribution is 2.39. The lowest BCUT2D eigenvalue weighted by Crippen LogP contribution is -2.50. The Morgan fingerprint density at radius 1 is 1.40 bits per heavy atom. The van der Waals surface area contributed by atoms with Crippen molar-refractivity contribution >= 4 is 5.97 Å². The van der Waals surface area contributed by atoms with Crippen LogP contribution < -0.4 is 0 Å². The molecule has 0 aromatic heterocycles. The van der Waals surface area contributed by atoms with E-state index < -0.39 is 5.97 Å². The van der Waals surface area contributed by atoms with Crippen LogP contribution in [0.15, 0.2) is 0 Å². The third-order valence-corrected chi connectivity index (χ3v) is 5.08. The highest BCUT2D eigenvalue weighted by molar-refractivity contribution is 5.69. The second kappa shape index (κ2) is 6.90. The summed E-state index contributed by atoms with van der Waals surface area (Å²) in [5.74, 6) is -0.983. The lowest BCUT2D eigenvalue weighted by Gasteiger charge is -2.46. The van der Waals surface area contributed by atoms with Crippen molar-refractivity contribution in [2.75, 3.05) is 19.7 Å². The van der Waals surface area contributed by atoms with Crippen LogP contribution in [0.1, 0.15) is 58.8 Å². The Balaban J connectivity index is 1.96. The molecule has 4 nitrogen and oxygen atoms in total. The molecule has 1 saturated heterocycles. The predicted molar refractivity (Wildman–Crippen MR) is 78.8 cm³/mol. The Kier molecular flexibility index (Phi) is 5.44. The van der Waals surface area contributed by atoms with Crippen LogP contribution in [0.3, 0.4) is 0 Å². The maximum Gasteiger partial charge on any atom is 0.307 e. The first-order chi connectivity index (χ1) is 9.56. The van der Waals surface area contributed by atoms with Crippen LogP contribution in [0.2, 0.25) is 0 Å². The largest absolute Gasteiger partial charge is 0.481 e. The van der Waals surface area contributed by atoms with E-state index in [-0.39, 0.29) is 11.5 Å². The van der Waals surface area contributed by atoms with Crippen molar-refractivity contribution in [3.63, 3.8) is 0 Å². The molecule has 116 valence electrons. The number of aliphatic carboxylic acids is 1. The van der Waals surface area contributed by atoms with Crippen molar-refractivity contribution in [3.8, 4) is 0 Å². The summed E-state index contributed by atoms with van der Waals surface area (Å²) in [6.45, 7) is 6.37. The zero-order valence-electron chi connectivity index (χ0n) is 12.9. The molecule has 20 heavy (non-hydrogen) atoms. The predicted octanol–water partition coefficient (Wildman–Crippen LogP) is 2.91. The molecule has 1 N–H and O–H groups in total. The molecule has 1 saturated carbocycles. The summed E-state index contributed by atoms with van der Waals surface area (Å²) >= 11 is 0. The molecule has 1 aliphatic heterocycles. The lowest BCUT2D eigenvalue weighted by atomic mass is 9.78. The molecule has 0 amide bonds. The van der Waals surface area contributed by atoms with Crippen molar-refractivity contribution in [3.05, 3.63) is 0 Å². The number of rotatable bonds is 5. The van der Waals surface area contributed by atoms with Crippen molar-refractivity contribution in [2.45, 2.75) is 70.4 Å². The third-order valence-electron chi connectivity index (χ3n) is 5.08. The van der Waals surface area contributed by atoms with E-state index >= 15 is 0 Å². The molecular formula is C16H29NO3. The van der Waals surface area contributed by atoms with Gasteiger partial charge in [0.25, 0.3) is 0 Å². The van der Waals surface area contributed by atoms with Gasteiger partial charge in [-0.25, -0.2) is 0 Å². The molecule has 2 fully saturated rings. The highest BCUT2D eigenvalue weighted by Gasteiger charge is 2.40. The lowest BCUT2D eigenvalue weighted by molar-refractivity contribution is -0.143. The average Bonchev–Trinajstić information content (AvgIpc) is 2.45. The quantitative estimate of drug-likeness (QED) is 0.843. The Labute approximate surface area is 122 Å². The maximum atomic E-state index is 11.1. The van der Waals surface area contributed by atoms with Gasteiger partial charge in [0.1, 0.15) is 0 Å². The van der Waals surface area contributed by atoms with Crippen LogP contribution in [0.25, 0.3) is 0 Å². The first-order valence-electron chi connectivity index (χ1n) is 8.17.